The summed E-state index contributed by atoms with van der Waals surface area (Å²) in [5.41, 5.74) is -1.50. The number of carbonyl (C=O) groups excluding carboxylic acids is 2. The van der Waals surface area contributed by atoms with E-state index in [9.17, 15) is 19.8 Å². The molecule has 0 unspecified atom stereocenters. The molecule has 6 heteroatoms. The number of esters is 2. The van der Waals surface area contributed by atoms with Crippen molar-refractivity contribution in [2.45, 2.75) is 30.7 Å². The van der Waals surface area contributed by atoms with Gasteiger partial charge in [-0.3, -0.25) is 0 Å². The van der Waals surface area contributed by atoms with E-state index < -0.39 is 35.7 Å². The summed E-state index contributed by atoms with van der Waals surface area (Å²) >= 11 is 0. The Bertz CT molecular complexity index is 584. The normalized spacial score (nSPS) is 30.3. The number of rotatable bonds is 4. The molecular weight excluding hydrogens is 300 g/mol. The van der Waals surface area contributed by atoms with Crippen LogP contribution in [-0.2, 0) is 14.3 Å². The van der Waals surface area contributed by atoms with Gasteiger partial charge in [0.25, 0.3) is 0 Å². The third kappa shape index (κ3) is 3.60. The molecule has 0 spiro atoms. The minimum Gasteiger partial charge on any atom is -0.467 e. The lowest BCUT2D eigenvalue weighted by molar-refractivity contribution is -0.179. The highest BCUT2D eigenvalue weighted by atomic mass is 16.6. The van der Waals surface area contributed by atoms with E-state index in [0.717, 1.165) is 0 Å². The molecule has 6 nitrogen and oxygen atoms in total. The Kier molecular flexibility index (Phi) is 5.18. The van der Waals surface area contributed by atoms with E-state index in [-0.39, 0.29) is 12.8 Å². The summed E-state index contributed by atoms with van der Waals surface area (Å²) in [5.74, 6) is -2.05. The van der Waals surface area contributed by atoms with Crippen molar-refractivity contribution in [1.29, 1.82) is 0 Å². The maximum Gasteiger partial charge on any atom is 0.338 e. The van der Waals surface area contributed by atoms with Crippen LogP contribution in [0.1, 0.15) is 23.2 Å². The quantitative estimate of drug-likeness (QED) is 0.637. The lowest BCUT2D eigenvalue weighted by Gasteiger charge is -2.40. The first-order valence-electron chi connectivity index (χ1n) is 7.28. The number of carbonyl (C=O) groups is 2. The Balaban J connectivity index is 2.20. The lowest BCUT2D eigenvalue weighted by atomic mass is 9.74. The summed E-state index contributed by atoms with van der Waals surface area (Å²) in [5, 5.41) is 20.8. The van der Waals surface area contributed by atoms with E-state index in [0.29, 0.717) is 5.56 Å². The van der Waals surface area contributed by atoms with E-state index in [1.807, 2.05) is 0 Å². The summed E-state index contributed by atoms with van der Waals surface area (Å²) < 4.78 is 9.92. The Morgan fingerprint density at radius 2 is 1.96 bits per heavy atom. The van der Waals surface area contributed by atoms with Crippen LogP contribution < -0.4 is 0 Å². The molecule has 0 aromatic heterocycles. The van der Waals surface area contributed by atoms with E-state index in [4.69, 9.17) is 4.74 Å². The van der Waals surface area contributed by atoms with E-state index >= 15 is 0 Å². The Morgan fingerprint density at radius 1 is 1.30 bits per heavy atom. The van der Waals surface area contributed by atoms with Crippen LogP contribution in [0.15, 0.2) is 43.0 Å². The molecule has 23 heavy (non-hydrogen) atoms. The number of hydrogen-bond acceptors (Lipinski definition) is 6. The molecule has 1 fully saturated rings. The van der Waals surface area contributed by atoms with Gasteiger partial charge >= 0.3 is 11.9 Å². The maximum absolute atomic E-state index is 12.1. The van der Waals surface area contributed by atoms with Crippen molar-refractivity contribution >= 4 is 11.9 Å². The van der Waals surface area contributed by atoms with Crippen LogP contribution in [0.5, 0.6) is 0 Å². The first kappa shape index (κ1) is 17.2. The molecular formula is C17H20O6. The van der Waals surface area contributed by atoms with Gasteiger partial charge in [0.05, 0.1) is 18.8 Å². The summed E-state index contributed by atoms with van der Waals surface area (Å²) in [6, 6.07) is 8.29. The van der Waals surface area contributed by atoms with Gasteiger partial charge in [0.1, 0.15) is 6.10 Å². The van der Waals surface area contributed by atoms with Gasteiger partial charge in [-0.2, -0.15) is 0 Å². The molecule has 0 bridgehead atoms. The molecule has 2 rings (SSSR count). The van der Waals surface area contributed by atoms with Crippen LogP contribution in [0.25, 0.3) is 0 Å². The van der Waals surface area contributed by atoms with Crippen LogP contribution in [0.2, 0.25) is 0 Å². The van der Waals surface area contributed by atoms with Crippen LogP contribution in [0.4, 0.5) is 0 Å². The molecule has 1 aliphatic carbocycles. The molecule has 1 aromatic carbocycles. The Morgan fingerprint density at radius 3 is 2.52 bits per heavy atom. The largest absolute Gasteiger partial charge is 0.467 e. The standard InChI is InChI=1S/C17H20O6/c1-3-11-9-17(21,16(20)22-2)10-13(14(11)18)23-15(19)12-7-5-4-6-8-12/h3-8,11,13-14,18,21H,1,9-10H2,2H3/t11-,13-,14+,17-/m1/s1. The summed E-state index contributed by atoms with van der Waals surface area (Å²) in [6.07, 6.45) is -0.928. The zero-order chi connectivity index (χ0) is 17.0. The fraction of sp³-hybridized carbons (Fsp3) is 0.412. The van der Waals surface area contributed by atoms with Gasteiger partial charge in [-0.15, -0.1) is 6.58 Å². The molecule has 1 aliphatic rings. The molecule has 0 radical (unpaired) electrons. The van der Waals surface area contributed by atoms with Crippen molar-refractivity contribution in [3.8, 4) is 0 Å². The first-order chi connectivity index (χ1) is 10.9. The van der Waals surface area contributed by atoms with Crippen molar-refractivity contribution in [1.82, 2.24) is 0 Å². The topological polar surface area (TPSA) is 93.1 Å². The number of ether oxygens (including phenoxy) is 2. The van der Waals surface area contributed by atoms with E-state index in [1.165, 1.54) is 13.2 Å². The maximum atomic E-state index is 12.1. The fourth-order valence-electron chi connectivity index (χ4n) is 2.79. The second-order valence-electron chi connectivity index (χ2n) is 5.63. The number of hydrogen-bond donors (Lipinski definition) is 2. The predicted octanol–water partition coefficient (Wildman–Crippen LogP) is 1.07. The second-order valence-corrected chi connectivity index (χ2v) is 5.63. The number of benzene rings is 1. The minimum absolute atomic E-state index is 0.0380. The van der Waals surface area contributed by atoms with Crippen LogP contribution in [-0.4, -0.2) is 47.1 Å². The van der Waals surface area contributed by atoms with Crippen LogP contribution >= 0.6 is 0 Å². The molecule has 0 saturated heterocycles. The molecule has 4 atom stereocenters. The molecule has 2 N–H and O–H groups in total. The van der Waals surface area contributed by atoms with Crippen LogP contribution in [0.3, 0.4) is 0 Å². The lowest BCUT2D eigenvalue weighted by Crippen LogP contribution is -2.55. The van der Waals surface area contributed by atoms with Crippen molar-refractivity contribution in [3.05, 3.63) is 48.6 Å². The van der Waals surface area contributed by atoms with Crippen molar-refractivity contribution < 1.29 is 29.3 Å². The Labute approximate surface area is 134 Å². The van der Waals surface area contributed by atoms with E-state index in [1.54, 1.807) is 30.3 Å². The molecule has 0 amide bonds. The van der Waals surface area contributed by atoms with Gasteiger partial charge < -0.3 is 19.7 Å². The predicted molar refractivity (Wildman–Crippen MR) is 81.5 cm³/mol. The average molecular weight is 320 g/mol. The monoisotopic (exact) mass is 320 g/mol. The summed E-state index contributed by atoms with van der Waals surface area (Å²) in [6.45, 7) is 3.59. The third-order valence-electron chi connectivity index (χ3n) is 4.07. The highest BCUT2D eigenvalue weighted by Gasteiger charge is 2.50. The van der Waals surface area contributed by atoms with Gasteiger partial charge in [-0.25, -0.2) is 9.59 Å². The van der Waals surface area contributed by atoms with Crippen molar-refractivity contribution in [2.24, 2.45) is 5.92 Å². The third-order valence-corrected chi connectivity index (χ3v) is 4.07. The summed E-state index contributed by atoms with van der Waals surface area (Å²) in [7, 11) is 1.17. The van der Waals surface area contributed by atoms with Gasteiger partial charge in [0, 0.05) is 12.3 Å². The SMILES string of the molecule is C=C[C@@H]1C[C@](O)(C(=O)OC)C[C@@H](OC(=O)c2ccccc2)[C@H]1O. The summed E-state index contributed by atoms with van der Waals surface area (Å²) in [4.78, 5) is 24.0. The fourth-order valence-corrected chi connectivity index (χ4v) is 2.79. The smallest absolute Gasteiger partial charge is 0.338 e. The van der Waals surface area contributed by atoms with Gasteiger partial charge in [-0.05, 0) is 18.6 Å². The van der Waals surface area contributed by atoms with Crippen molar-refractivity contribution in [2.75, 3.05) is 7.11 Å². The highest BCUT2D eigenvalue weighted by Crippen LogP contribution is 2.36. The highest BCUT2D eigenvalue weighted by molar-refractivity contribution is 5.89. The van der Waals surface area contributed by atoms with Gasteiger partial charge in [-0.1, -0.05) is 24.3 Å². The number of methoxy groups -OCH3 is 1. The van der Waals surface area contributed by atoms with Crippen molar-refractivity contribution in [3.63, 3.8) is 0 Å². The minimum atomic E-state index is -1.82. The number of aliphatic hydroxyl groups excluding tert-OH is 1. The molecule has 1 aromatic rings. The molecule has 0 heterocycles. The molecule has 0 aliphatic heterocycles. The Hall–Kier alpha value is -2.18. The zero-order valence-corrected chi connectivity index (χ0v) is 12.8. The van der Waals surface area contributed by atoms with Gasteiger partial charge in [0.15, 0.2) is 5.60 Å². The van der Waals surface area contributed by atoms with Gasteiger partial charge in [0.2, 0.25) is 0 Å². The molecule has 124 valence electrons. The molecule has 1 saturated carbocycles. The zero-order valence-electron chi connectivity index (χ0n) is 12.8. The second kappa shape index (κ2) is 6.93. The average Bonchev–Trinajstić information content (AvgIpc) is 2.57. The van der Waals surface area contributed by atoms with Crippen LogP contribution in [0, 0.1) is 5.92 Å². The first-order valence-corrected chi connectivity index (χ1v) is 7.28. The van der Waals surface area contributed by atoms with E-state index in [2.05, 4.69) is 11.3 Å². The number of aliphatic hydroxyl groups is 2.